The Hall–Kier alpha value is -0.610. The first-order valence-corrected chi connectivity index (χ1v) is 5.88. The topological polar surface area (TPSA) is 55.8 Å². The summed E-state index contributed by atoms with van der Waals surface area (Å²) in [5.74, 6) is -1.88. The summed E-state index contributed by atoms with van der Waals surface area (Å²) in [6.45, 7) is 9.53. The predicted octanol–water partition coefficient (Wildman–Crippen LogP) is 2.81. The van der Waals surface area contributed by atoms with Crippen LogP contribution >= 0.6 is 0 Å². The first-order chi connectivity index (χ1) is 7.31. The predicted molar refractivity (Wildman–Crippen MR) is 62.3 cm³/mol. The van der Waals surface area contributed by atoms with Crippen LogP contribution in [0.2, 0.25) is 0 Å². The van der Waals surface area contributed by atoms with Gasteiger partial charge >= 0.3 is 5.97 Å². The lowest BCUT2D eigenvalue weighted by Crippen LogP contribution is -2.42. The number of hydrogen-bond donors (Lipinski definition) is 1. The Bertz CT molecular complexity index is 201. The van der Waals surface area contributed by atoms with E-state index in [0.717, 1.165) is 6.42 Å². The van der Waals surface area contributed by atoms with E-state index in [9.17, 15) is 4.79 Å². The van der Waals surface area contributed by atoms with Gasteiger partial charge in [-0.15, -0.1) is 0 Å². The van der Waals surface area contributed by atoms with Gasteiger partial charge in [0.25, 0.3) is 0 Å². The molecule has 0 unspecified atom stereocenters. The van der Waals surface area contributed by atoms with Gasteiger partial charge in [0.1, 0.15) is 0 Å². The largest absolute Gasteiger partial charge is 0.481 e. The molecule has 0 aromatic rings. The number of ether oxygens (including phenoxy) is 2. The Labute approximate surface area is 97.9 Å². The lowest BCUT2D eigenvalue weighted by molar-refractivity contribution is -0.274. The molecular formula is C12H24O4. The fourth-order valence-corrected chi connectivity index (χ4v) is 1.79. The van der Waals surface area contributed by atoms with Crippen LogP contribution in [0.25, 0.3) is 0 Å². The molecule has 0 atom stereocenters. The fraction of sp³-hybridized carbons (Fsp3) is 0.917. The molecule has 96 valence electrons. The van der Waals surface area contributed by atoms with E-state index in [1.807, 2.05) is 34.6 Å². The summed E-state index contributed by atoms with van der Waals surface area (Å²) < 4.78 is 11.4. The molecule has 0 radical (unpaired) electrons. The molecule has 0 aliphatic carbocycles. The molecule has 0 aromatic carbocycles. The van der Waals surface area contributed by atoms with Gasteiger partial charge in [0.05, 0.1) is 18.6 Å². The maximum absolute atomic E-state index is 10.9. The van der Waals surface area contributed by atoms with Gasteiger partial charge in [0.2, 0.25) is 0 Å². The smallest absolute Gasteiger partial charge is 0.308 e. The maximum atomic E-state index is 10.9. The van der Waals surface area contributed by atoms with Crippen LogP contribution in [0, 0.1) is 0 Å². The van der Waals surface area contributed by atoms with Crippen LogP contribution in [-0.4, -0.2) is 29.1 Å². The first-order valence-electron chi connectivity index (χ1n) is 5.88. The Morgan fingerprint density at radius 2 is 1.62 bits per heavy atom. The zero-order valence-corrected chi connectivity index (χ0v) is 10.9. The van der Waals surface area contributed by atoms with Gasteiger partial charge in [-0.1, -0.05) is 13.3 Å². The van der Waals surface area contributed by atoms with Gasteiger partial charge in [-0.05, 0) is 27.7 Å². The van der Waals surface area contributed by atoms with Gasteiger partial charge < -0.3 is 14.6 Å². The molecule has 0 saturated heterocycles. The van der Waals surface area contributed by atoms with Crippen molar-refractivity contribution in [2.75, 3.05) is 0 Å². The van der Waals surface area contributed by atoms with Crippen molar-refractivity contribution in [3.8, 4) is 0 Å². The molecule has 4 nitrogen and oxygen atoms in total. The van der Waals surface area contributed by atoms with E-state index >= 15 is 0 Å². The third kappa shape index (κ3) is 6.08. The second-order valence-corrected chi connectivity index (χ2v) is 4.56. The minimum atomic E-state index is -0.983. The number of hydrogen-bond acceptors (Lipinski definition) is 3. The van der Waals surface area contributed by atoms with E-state index < -0.39 is 11.8 Å². The Balaban J connectivity index is 4.79. The third-order valence-corrected chi connectivity index (χ3v) is 1.95. The maximum Gasteiger partial charge on any atom is 0.308 e. The second kappa shape index (κ2) is 6.86. The number of aliphatic carboxylic acids is 1. The summed E-state index contributed by atoms with van der Waals surface area (Å²) in [7, 11) is 0. The van der Waals surface area contributed by atoms with Crippen LogP contribution < -0.4 is 0 Å². The van der Waals surface area contributed by atoms with Crippen LogP contribution in [-0.2, 0) is 14.3 Å². The van der Waals surface area contributed by atoms with Crippen LogP contribution in [0.3, 0.4) is 0 Å². The van der Waals surface area contributed by atoms with Crippen molar-refractivity contribution in [3.05, 3.63) is 0 Å². The standard InChI is InChI=1S/C12H24O4/c1-6-7-12(8-11(13)14,15-9(2)3)16-10(4)5/h9-10H,6-8H2,1-5H3,(H,13,14). The van der Waals surface area contributed by atoms with Gasteiger partial charge in [-0.2, -0.15) is 0 Å². The molecule has 16 heavy (non-hydrogen) atoms. The highest BCUT2D eigenvalue weighted by molar-refractivity contribution is 5.67. The lowest BCUT2D eigenvalue weighted by Gasteiger charge is -2.35. The Morgan fingerprint density at radius 1 is 1.19 bits per heavy atom. The molecule has 0 rings (SSSR count). The second-order valence-electron chi connectivity index (χ2n) is 4.56. The average molecular weight is 232 g/mol. The van der Waals surface area contributed by atoms with Crippen molar-refractivity contribution in [1.29, 1.82) is 0 Å². The number of carbonyl (C=O) groups is 1. The van der Waals surface area contributed by atoms with Gasteiger partial charge in [0.15, 0.2) is 5.79 Å². The van der Waals surface area contributed by atoms with Crippen molar-refractivity contribution in [2.45, 2.75) is 71.9 Å². The molecule has 0 saturated carbocycles. The number of carboxylic acid groups (broad SMARTS) is 1. The lowest BCUT2D eigenvalue weighted by atomic mass is 10.1. The molecule has 0 aliphatic heterocycles. The summed E-state index contributed by atoms with van der Waals surface area (Å²) in [5.41, 5.74) is 0. The van der Waals surface area contributed by atoms with Crippen LogP contribution in [0.5, 0.6) is 0 Å². The molecule has 4 heteroatoms. The zero-order chi connectivity index (χ0) is 12.8. The third-order valence-electron chi connectivity index (χ3n) is 1.95. The Morgan fingerprint density at radius 3 is 1.88 bits per heavy atom. The molecular weight excluding hydrogens is 208 g/mol. The summed E-state index contributed by atoms with van der Waals surface area (Å²) in [5, 5.41) is 8.94. The molecule has 0 bridgehead atoms. The monoisotopic (exact) mass is 232 g/mol. The highest BCUT2D eigenvalue weighted by atomic mass is 16.7. The zero-order valence-electron chi connectivity index (χ0n) is 10.9. The van der Waals surface area contributed by atoms with E-state index in [2.05, 4.69) is 0 Å². The van der Waals surface area contributed by atoms with Crippen LogP contribution in [0.1, 0.15) is 53.9 Å². The molecule has 0 fully saturated rings. The van der Waals surface area contributed by atoms with Crippen molar-refractivity contribution in [2.24, 2.45) is 0 Å². The van der Waals surface area contributed by atoms with Crippen molar-refractivity contribution >= 4 is 5.97 Å². The van der Waals surface area contributed by atoms with E-state index in [1.165, 1.54) is 0 Å². The van der Waals surface area contributed by atoms with Gasteiger partial charge in [-0.3, -0.25) is 4.79 Å². The minimum Gasteiger partial charge on any atom is -0.481 e. The quantitative estimate of drug-likeness (QED) is 0.654. The molecule has 0 aromatic heterocycles. The van der Waals surface area contributed by atoms with E-state index in [4.69, 9.17) is 14.6 Å². The van der Waals surface area contributed by atoms with Crippen molar-refractivity contribution < 1.29 is 19.4 Å². The van der Waals surface area contributed by atoms with Crippen molar-refractivity contribution in [3.63, 3.8) is 0 Å². The normalized spacial score (nSPS) is 12.4. The van der Waals surface area contributed by atoms with E-state index in [1.54, 1.807) is 0 Å². The summed E-state index contributed by atoms with van der Waals surface area (Å²) in [6, 6.07) is 0. The number of rotatable bonds is 8. The van der Waals surface area contributed by atoms with E-state index in [-0.39, 0.29) is 18.6 Å². The van der Waals surface area contributed by atoms with E-state index in [0.29, 0.717) is 6.42 Å². The Kier molecular flexibility index (Phi) is 6.60. The molecule has 0 heterocycles. The SMILES string of the molecule is CCCC(CC(=O)O)(OC(C)C)OC(C)C. The molecule has 0 spiro atoms. The van der Waals surface area contributed by atoms with Gasteiger partial charge in [-0.25, -0.2) is 0 Å². The highest BCUT2D eigenvalue weighted by Crippen LogP contribution is 2.27. The van der Waals surface area contributed by atoms with Crippen LogP contribution in [0.15, 0.2) is 0 Å². The minimum absolute atomic E-state index is 0.0513. The van der Waals surface area contributed by atoms with Gasteiger partial charge in [0, 0.05) is 6.42 Å². The van der Waals surface area contributed by atoms with Crippen molar-refractivity contribution in [1.82, 2.24) is 0 Å². The average Bonchev–Trinajstić information content (AvgIpc) is 1.98. The molecule has 0 amide bonds. The summed E-state index contributed by atoms with van der Waals surface area (Å²) >= 11 is 0. The van der Waals surface area contributed by atoms with Crippen LogP contribution in [0.4, 0.5) is 0 Å². The fourth-order valence-electron chi connectivity index (χ4n) is 1.79. The highest BCUT2D eigenvalue weighted by Gasteiger charge is 2.36. The molecule has 1 N–H and O–H groups in total. The molecule has 0 aliphatic rings. The number of carboxylic acids is 1. The first kappa shape index (κ1) is 15.4. The summed E-state index contributed by atoms with van der Waals surface area (Å²) in [6.07, 6.45) is 1.20. The summed E-state index contributed by atoms with van der Waals surface area (Å²) in [4.78, 5) is 10.9.